The fraction of sp³-hybridized carbons (Fsp3) is 0.727. The minimum Gasteiger partial charge on any atom is -0.369 e. The molecule has 1 unspecified atom stereocenters. The summed E-state index contributed by atoms with van der Waals surface area (Å²) in [5.41, 5.74) is -0.313. The second kappa shape index (κ2) is 3.38. The molecule has 0 aromatic carbocycles. The number of hydrogen-bond donors (Lipinski definition) is 1. The van der Waals surface area contributed by atoms with Crippen LogP contribution in [0, 0.1) is 5.92 Å². The van der Waals surface area contributed by atoms with Crippen molar-refractivity contribution in [2.75, 3.05) is 0 Å². The summed E-state index contributed by atoms with van der Waals surface area (Å²) in [4.78, 5) is 12.2. The predicted molar refractivity (Wildman–Crippen MR) is 58.1 cm³/mol. The quantitative estimate of drug-likeness (QED) is 0.773. The Morgan fingerprint density at radius 2 is 2.19 bits per heavy atom. The van der Waals surface area contributed by atoms with E-state index in [2.05, 4.69) is 15.4 Å². The maximum absolute atomic E-state index is 12.2. The lowest BCUT2D eigenvalue weighted by Crippen LogP contribution is -2.34. The second-order valence-corrected chi connectivity index (χ2v) is 5.44. The average molecular weight is 223 g/mol. The monoisotopic (exact) mass is 223 g/mol. The highest BCUT2D eigenvalue weighted by Gasteiger charge is 2.49. The smallest absolute Gasteiger partial charge is 0.190 e. The van der Waals surface area contributed by atoms with Gasteiger partial charge in [-0.25, -0.2) is 0 Å². The predicted octanol–water partition coefficient (Wildman–Crippen LogP) is 1.58. The van der Waals surface area contributed by atoms with Crippen molar-refractivity contribution in [3.05, 3.63) is 11.9 Å². The number of nitrogens with one attached hydrogen (secondary N) is 1. The summed E-state index contributed by atoms with van der Waals surface area (Å²) >= 11 is 0. The van der Waals surface area contributed by atoms with Crippen molar-refractivity contribution < 1.29 is 9.53 Å². The van der Waals surface area contributed by atoms with E-state index < -0.39 is 5.60 Å². The Hall–Kier alpha value is -1.23. The van der Waals surface area contributed by atoms with Crippen LogP contribution in [0.15, 0.2) is 6.20 Å². The summed E-state index contributed by atoms with van der Waals surface area (Å²) in [7, 11) is 0. The van der Waals surface area contributed by atoms with E-state index in [0.717, 1.165) is 0 Å². The van der Waals surface area contributed by atoms with Crippen LogP contribution in [0.1, 0.15) is 44.6 Å². The Labute approximate surface area is 94.6 Å². The van der Waals surface area contributed by atoms with E-state index in [1.54, 1.807) is 0 Å². The molecule has 0 amide bonds. The summed E-state index contributed by atoms with van der Waals surface area (Å²) in [6.07, 6.45) is 2.18. The van der Waals surface area contributed by atoms with Crippen LogP contribution in [0.5, 0.6) is 0 Å². The summed E-state index contributed by atoms with van der Waals surface area (Å²) in [6, 6.07) is 0. The molecule has 2 rings (SSSR count). The fourth-order valence-corrected chi connectivity index (χ4v) is 2.47. The van der Waals surface area contributed by atoms with E-state index in [1.807, 2.05) is 27.7 Å². The topological polar surface area (TPSA) is 67.9 Å². The molecule has 1 aromatic rings. The van der Waals surface area contributed by atoms with Gasteiger partial charge in [-0.3, -0.25) is 4.79 Å². The van der Waals surface area contributed by atoms with Gasteiger partial charge in [0.05, 0.1) is 23.3 Å². The third-order valence-corrected chi connectivity index (χ3v) is 3.06. The lowest BCUT2D eigenvalue weighted by atomic mass is 9.83. The normalized spacial score (nSPS) is 26.9. The van der Waals surface area contributed by atoms with Crippen LogP contribution in [0.3, 0.4) is 0 Å². The lowest BCUT2D eigenvalue weighted by molar-refractivity contribution is -0.0712. The molecule has 0 radical (unpaired) electrons. The van der Waals surface area contributed by atoms with Crippen LogP contribution in [0.4, 0.5) is 0 Å². The van der Waals surface area contributed by atoms with Crippen molar-refractivity contribution >= 4 is 5.78 Å². The molecule has 1 N–H and O–H groups in total. The summed E-state index contributed by atoms with van der Waals surface area (Å²) < 4.78 is 5.89. The number of aromatic nitrogens is 3. The first-order valence-corrected chi connectivity index (χ1v) is 5.42. The minimum absolute atomic E-state index is 0.00400. The number of rotatable bonds is 2. The maximum atomic E-state index is 12.2. The van der Waals surface area contributed by atoms with Gasteiger partial charge in [0.1, 0.15) is 5.69 Å². The zero-order chi connectivity index (χ0) is 12.0. The fourth-order valence-electron chi connectivity index (χ4n) is 2.47. The van der Waals surface area contributed by atoms with Gasteiger partial charge in [-0.05, 0) is 34.1 Å². The number of ketones is 1. The zero-order valence-corrected chi connectivity index (χ0v) is 10.1. The van der Waals surface area contributed by atoms with Gasteiger partial charge in [0, 0.05) is 0 Å². The molecular weight excluding hydrogens is 206 g/mol. The van der Waals surface area contributed by atoms with Gasteiger partial charge in [0.25, 0.3) is 0 Å². The molecule has 1 aliphatic heterocycles. The molecule has 5 heteroatoms. The summed E-state index contributed by atoms with van der Waals surface area (Å²) in [6.45, 7) is 7.91. The van der Waals surface area contributed by atoms with E-state index in [4.69, 9.17) is 4.74 Å². The Morgan fingerprint density at radius 3 is 2.62 bits per heavy atom. The highest BCUT2D eigenvalue weighted by atomic mass is 16.5. The van der Waals surface area contributed by atoms with Gasteiger partial charge in [0.15, 0.2) is 5.78 Å². The first kappa shape index (κ1) is 11.3. The molecule has 0 spiro atoms. The van der Waals surface area contributed by atoms with Gasteiger partial charge in [-0.2, -0.15) is 15.4 Å². The Morgan fingerprint density at radius 1 is 1.50 bits per heavy atom. The Kier molecular flexibility index (Phi) is 2.38. The van der Waals surface area contributed by atoms with Crippen LogP contribution in [0.2, 0.25) is 0 Å². The first-order chi connectivity index (χ1) is 7.32. The van der Waals surface area contributed by atoms with Crippen LogP contribution in [0.25, 0.3) is 0 Å². The van der Waals surface area contributed by atoms with Crippen LogP contribution in [-0.4, -0.2) is 32.4 Å². The van der Waals surface area contributed by atoms with Gasteiger partial charge in [0.2, 0.25) is 0 Å². The first-order valence-electron chi connectivity index (χ1n) is 5.42. The molecule has 16 heavy (non-hydrogen) atoms. The van der Waals surface area contributed by atoms with Crippen molar-refractivity contribution in [3.8, 4) is 0 Å². The number of Topliss-reactive ketones (excluding diaryl/α,β-unsaturated/α-hetero) is 1. The SMILES string of the molecule is CC1(C)CC(C(=O)c2cn[nH]n2)C(C)(C)O1. The highest BCUT2D eigenvalue weighted by Crippen LogP contribution is 2.43. The number of hydrogen-bond acceptors (Lipinski definition) is 4. The standard InChI is InChI=1S/C11H17N3O2/c1-10(2)5-7(11(3,4)16-10)9(15)8-6-12-14-13-8/h6-7H,5H2,1-4H3,(H,12,13,14). The average Bonchev–Trinajstić information content (AvgIpc) is 2.69. The lowest BCUT2D eigenvalue weighted by Gasteiger charge is -2.26. The van der Waals surface area contributed by atoms with Gasteiger partial charge < -0.3 is 4.74 Å². The molecular formula is C11H17N3O2. The summed E-state index contributed by atoms with van der Waals surface area (Å²) in [5, 5.41) is 9.95. The third kappa shape index (κ3) is 1.87. The molecule has 1 fully saturated rings. The van der Waals surface area contributed by atoms with E-state index in [1.165, 1.54) is 6.20 Å². The van der Waals surface area contributed by atoms with Crippen molar-refractivity contribution in [2.24, 2.45) is 5.92 Å². The molecule has 1 saturated heterocycles. The molecule has 88 valence electrons. The number of aromatic amines is 1. The number of H-pyrrole nitrogens is 1. The molecule has 1 aromatic heterocycles. The second-order valence-electron chi connectivity index (χ2n) is 5.44. The van der Waals surface area contributed by atoms with E-state index in [-0.39, 0.29) is 17.3 Å². The van der Waals surface area contributed by atoms with Crippen LogP contribution >= 0.6 is 0 Å². The summed E-state index contributed by atoms with van der Waals surface area (Å²) in [5.74, 6) is -0.156. The van der Waals surface area contributed by atoms with Crippen LogP contribution < -0.4 is 0 Å². The van der Waals surface area contributed by atoms with Gasteiger partial charge >= 0.3 is 0 Å². The molecule has 0 bridgehead atoms. The van der Waals surface area contributed by atoms with Gasteiger partial charge in [-0.15, -0.1) is 0 Å². The van der Waals surface area contributed by atoms with E-state index in [9.17, 15) is 4.79 Å². The number of carbonyl (C=O) groups is 1. The third-order valence-electron chi connectivity index (χ3n) is 3.06. The molecule has 1 atom stereocenters. The number of ether oxygens (including phenoxy) is 1. The highest BCUT2D eigenvalue weighted by molar-refractivity contribution is 5.96. The Balaban J connectivity index is 2.25. The number of nitrogens with zero attached hydrogens (tertiary/aromatic N) is 2. The maximum Gasteiger partial charge on any atom is 0.190 e. The Bertz CT molecular complexity index is 395. The van der Waals surface area contributed by atoms with E-state index >= 15 is 0 Å². The van der Waals surface area contributed by atoms with E-state index in [0.29, 0.717) is 12.1 Å². The molecule has 1 aliphatic rings. The van der Waals surface area contributed by atoms with Crippen molar-refractivity contribution in [1.82, 2.24) is 15.4 Å². The molecule has 5 nitrogen and oxygen atoms in total. The molecule has 2 heterocycles. The van der Waals surface area contributed by atoms with Crippen molar-refractivity contribution in [3.63, 3.8) is 0 Å². The minimum atomic E-state index is -0.445. The van der Waals surface area contributed by atoms with Crippen molar-refractivity contribution in [2.45, 2.75) is 45.3 Å². The van der Waals surface area contributed by atoms with Gasteiger partial charge in [-0.1, -0.05) is 0 Å². The zero-order valence-electron chi connectivity index (χ0n) is 10.1. The van der Waals surface area contributed by atoms with Crippen LogP contribution in [-0.2, 0) is 4.74 Å². The molecule has 0 aliphatic carbocycles. The number of carbonyl (C=O) groups excluding carboxylic acids is 1. The largest absolute Gasteiger partial charge is 0.369 e. The van der Waals surface area contributed by atoms with Crippen molar-refractivity contribution in [1.29, 1.82) is 0 Å². The molecule has 0 saturated carbocycles.